The number of benzene rings is 1. The lowest BCUT2D eigenvalue weighted by Gasteiger charge is -2.10. The van der Waals surface area contributed by atoms with E-state index in [9.17, 15) is 9.59 Å². The van der Waals surface area contributed by atoms with Crippen LogP contribution in [0.25, 0.3) is 0 Å². The monoisotopic (exact) mass is 390 g/mol. The average molecular weight is 390 g/mol. The molecular weight excluding hydrogens is 364 g/mol. The topological polar surface area (TPSA) is 101 Å². The molecule has 0 aliphatic heterocycles. The Morgan fingerprint density at radius 3 is 2.50 bits per heavy atom. The molecule has 152 valence electrons. The van der Waals surface area contributed by atoms with Crippen LogP contribution in [0.1, 0.15) is 55.7 Å². The second-order valence-corrected chi connectivity index (χ2v) is 7.27. The second-order valence-electron chi connectivity index (χ2n) is 7.27. The molecule has 0 atom stereocenters. The normalized spacial score (nSPS) is 11.2. The number of Topliss-reactive ketones (excluding diaryl/α,β-unsaturated/α-hetero) is 1. The fraction of sp³-hybridized carbons (Fsp3) is 0.500. The first-order valence-corrected chi connectivity index (χ1v) is 8.98. The molecule has 0 bridgehead atoms. The van der Waals surface area contributed by atoms with Crippen molar-refractivity contribution in [2.75, 3.05) is 20.8 Å². The molecule has 0 unspecified atom stereocenters. The van der Waals surface area contributed by atoms with E-state index in [-0.39, 0.29) is 24.2 Å². The van der Waals surface area contributed by atoms with Crippen molar-refractivity contribution in [2.45, 2.75) is 45.4 Å². The van der Waals surface area contributed by atoms with Gasteiger partial charge in [-0.25, -0.2) is 0 Å². The van der Waals surface area contributed by atoms with Gasteiger partial charge < -0.3 is 18.7 Å². The third-order valence-corrected chi connectivity index (χ3v) is 3.98. The van der Waals surface area contributed by atoms with Crippen molar-refractivity contribution in [2.24, 2.45) is 0 Å². The van der Waals surface area contributed by atoms with Gasteiger partial charge in [0.15, 0.2) is 12.4 Å². The van der Waals surface area contributed by atoms with Crippen molar-refractivity contribution in [3.8, 4) is 11.5 Å². The van der Waals surface area contributed by atoms with Gasteiger partial charge in [-0.15, -0.1) is 0 Å². The lowest BCUT2D eigenvalue weighted by molar-refractivity contribution is -0.142. The number of hydrogen-bond donors (Lipinski definition) is 0. The highest BCUT2D eigenvalue weighted by Gasteiger charge is 2.21. The van der Waals surface area contributed by atoms with Crippen LogP contribution in [0.4, 0.5) is 0 Å². The highest BCUT2D eigenvalue weighted by Crippen LogP contribution is 2.25. The lowest BCUT2D eigenvalue weighted by atomic mass is 9.96. The Hall–Kier alpha value is -2.90. The summed E-state index contributed by atoms with van der Waals surface area (Å²) >= 11 is 0. The number of nitrogens with zero attached hydrogens (tertiary/aromatic N) is 2. The van der Waals surface area contributed by atoms with Crippen LogP contribution in [0.2, 0.25) is 0 Å². The highest BCUT2D eigenvalue weighted by molar-refractivity contribution is 6.00. The summed E-state index contributed by atoms with van der Waals surface area (Å²) in [7, 11) is 2.98. The van der Waals surface area contributed by atoms with Crippen molar-refractivity contribution in [1.82, 2.24) is 10.1 Å². The van der Waals surface area contributed by atoms with E-state index in [4.69, 9.17) is 18.7 Å². The maximum Gasteiger partial charge on any atom is 0.306 e. The zero-order chi connectivity index (χ0) is 20.7. The number of carbonyl (C=O) groups excluding carboxylic acids is 2. The van der Waals surface area contributed by atoms with Crippen LogP contribution < -0.4 is 9.47 Å². The van der Waals surface area contributed by atoms with E-state index in [1.807, 2.05) is 20.8 Å². The Kier molecular flexibility index (Phi) is 7.14. The van der Waals surface area contributed by atoms with E-state index in [0.717, 1.165) is 0 Å². The molecule has 0 aliphatic rings. The molecule has 1 heterocycles. The summed E-state index contributed by atoms with van der Waals surface area (Å²) in [6, 6.07) is 4.83. The van der Waals surface area contributed by atoms with Crippen molar-refractivity contribution < 1.29 is 28.3 Å². The van der Waals surface area contributed by atoms with E-state index >= 15 is 0 Å². The molecule has 1 aromatic carbocycles. The van der Waals surface area contributed by atoms with Crippen LogP contribution in [0.5, 0.6) is 11.5 Å². The number of aryl methyl sites for hydroxylation is 1. The van der Waals surface area contributed by atoms with Gasteiger partial charge in [-0.05, 0) is 18.6 Å². The van der Waals surface area contributed by atoms with Crippen molar-refractivity contribution >= 4 is 11.8 Å². The molecule has 0 amide bonds. The third-order valence-electron chi connectivity index (χ3n) is 3.98. The maximum absolute atomic E-state index is 12.3. The SMILES string of the molecule is COc1ccc(C(=O)COC(=O)CCCc2nc(C(C)(C)C)no2)c(OC)c1. The molecule has 0 radical (unpaired) electrons. The average Bonchev–Trinajstić information content (AvgIpc) is 3.15. The van der Waals surface area contributed by atoms with E-state index < -0.39 is 5.97 Å². The minimum absolute atomic E-state index is 0.153. The zero-order valence-electron chi connectivity index (χ0n) is 16.9. The highest BCUT2D eigenvalue weighted by atomic mass is 16.5. The first-order valence-electron chi connectivity index (χ1n) is 8.98. The molecule has 0 saturated carbocycles. The van der Waals surface area contributed by atoms with Crippen LogP contribution in [-0.2, 0) is 21.4 Å². The molecule has 8 heteroatoms. The number of hydrogen-bond acceptors (Lipinski definition) is 8. The minimum Gasteiger partial charge on any atom is -0.497 e. The molecule has 2 aromatic rings. The molecule has 0 aliphatic carbocycles. The molecule has 28 heavy (non-hydrogen) atoms. The Bertz CT molecular complexity index is 822. The molecule has 1 aromatic heterocycles. The number of aromatic nitrogens is 2. The molecular formula is C20H26N2O6. The van der Waals surface area contributed by atoms with Crippen molar-refractivity contribution in [3.63, 3.8) is 0 Å². The van der Waals surface area contributed by atoms with E-state index in [2.05, 4.69) is 10.1 Å². The Morgan fingerprint density at radius 2 is 1.89 bits per heavy atom. The summed E-state index contributed by atoms with van der Waals surface area (Å²) < 4.78 is 20.5. The van der Waals surface area contributed by atoms with Gasteiger partial charge in [-0.1, -0.05) is 25.9 Å². The van der Waals surface area contributed by atoms with Crippen LogP contribution in [0, 0.1) is 0 Å². The zero-order valence-corrected chi connectivity index (χ0v) is 16.9. The van der Waals surface area contributed by atoms with Gasteiger partial charge in [-0.2, -0.15) is 4.98 Å². The third kappa shape index (κ3) is 5.80. The molecule has 2 rings (SSSR count). The summed E-state index contributed by atoms with van der Waals surface area (Å²) in [4.78, 5) is 28.5. The summed E-state index contributed by atoms with van der Waals surface area (Å²) in [5.74, 6) is 1.24. The predicted molar refractivity (Wildman–Crippen MR) is 101 cm³/mol. The van der Waals surface area contributed by atoms with E-state index in [1.54, 1.807) is 18.2 Å². The van der Waals surface area contributed by atoms with E-state index in [0.29, 0.717) is 41.6 Å². The number of methoxy groups -OCH3 is 2. The molecule has 0 spiro atoms. The molecule has 0 fully saturated rings. The fourth-order valence-corrected chi connectivity index (χ4v) is 2.37. The van der Waals surface area contributed by atoms with Gasteiger partial charge in [0.1, 0.15) is 11.5 Å². The Balaban J connectivity index is 1.79. The summed E-state index contributed by atoms with van der Waals surface area (Å²) in [5, 5.41) is 3.94. The largest absolute Gasteiger partial charge is 0.497 e. The second kappa shape index (κ2) is 9.34. The van der Waals surface area contributed by atoms with Crippen LogP contribution in [0.15, 0.2) is 22.7 Å². The Morgan fingerprint density at radius 1 is 1.14 bits per heavy atom. The smallest absolute Gasteiger partial charge is 0.306 e. The quantitative estimate of drug-likeness (QED) is 0.475. The number of carbonyl (C=O) groups is 2. The molecule has 0 N–H and O–H groups in total. The summed E-state index contributed by atoms with van der Waals surface area (Å²) in [5.41, 5.74) is 0.139. The number of ether oxygens (including phenoxy) is 3. The first kappa shape index (κ1) is 21.4. The summed E-state index contributed by atoms with van der Waals surface area (Å²) in [6.07, 6.45) is 1.11. The number of ketones is 1. The van der Waals surface area contributed by atoms with Gasteiger partial charge in [0.25, 0.3) is 0 Å². The summed E-state index contributed by atoms with van der Waals surface area (Å²) in [6.45, 7) is 5.63. The van der Waals surface area contributed by atoms with Gasteiger partial charge in [0.2, 0.25) is 11.7 Å². The standard InChI is InChI=1S/C20H26N2O6/c1-20(2,3)19-21-17(28-22-19)7-6-8-18(24)27-12-15(23)14-10-9-13(25-4)11-16(14)26-5/h9-11H,6-8,12H2,1-5H3. The molecule has 8 nitrogen and oxygen atoms in total. The van der Waals surface area contributed by atoms with Crippen LogP contribution in [0.3, 0.4) is 0 Å². The number of esters is 1. The van der Waals surface area contributed by atoms with Gasteiger partial charge in [0, 0.05) is 24.3 Å². The Labute approximate surface area is 164 Å². The van der Waals surface area contributed by atoms with Crippen LogP contribution in [-0.4, -0.2) is 42.7 Å². The first-order chi connectivity index (χ1) is 13.2. The van der Waals surface area contributed by atoms with Crippen molar-refractivity contribution in [3.05, 3.63) is 35.5 Å². The van der Waals surface area contributed by atoms with Gasteiger partial charge in [0.05, 0.1) is 19.8 Å². The molecule has 0 saturated heterocycles. The number of rotatable bonds is 9. The van der Waals surface area contributed by atoms with E-state index in [1.165, 1.54) is 14.2 Å². The van der Waals surface area contributed by atoms with Gasteiger partial charge in [-0.3, -0.25) is 9.59 Å². The van der Waals surface area contributed by atoms with Crippen molar-refractivity contribution in [1.29, 1.82) is 0 Å². The lowest BCUT2D eigenvalue weighted by Crippen LogP contribution is -2.15. The van der Waals surface area contributed by atoms with Crippen LogP contribution >= 0.6 is 0 Å². The van der Waals surface area contributed by atoms with Gasteiger partial charge >= 0.3 is 5.97 Å². The minimum atomic E-state index is -0.462. The fourth-order valence-electron chi connectivity index (χ4n) is 2.37. The maximum atomic E-state index is 12.3. The predicted octanol–water partition coefficient (Wildman–Crippen LogP) is 3.13.